The number of anilines is 2. The number of benzene rings is 2. The van der Waals surface area contributed by atoms with Crippen molar-refractivity contribution in [2.45, 2.75) is 37.8 Å². The van der Waals surface area contributed by atoms with Gasteiger partial charge in [0.25, 0.3) is 0 Å². The van der Waals surface area contributed by atoms with Crippen LogP contribution in [0.3, 0.4) is 0 Å². The number of aromatic amines is 1. The number of carbonyl (C=O) groups excluding carboxylic acids is 1. The minimum absolute atomic E-state index is 0.00841. The monoisotopic (exact) mass is 558 g/mol. The number of H-pyrrole nitrogens is 1. The highest BCUT2D eigenvalue weighted by Gasteiger charge is 2.30. The molecule has 1 atom stereocenters. The van der Waals surface area contributed by atoms with Gasteiger partial charge in [0.05, 0.1) is 5.52 Å². The molecule has 0 bridgehead atoms. The Kier molecular flexibility index (Phi) is 7.78. The minimum atomic E-state index is -0.272. The zero-order valence-electron chi connectivity index (χ0n) is 23.5. The second-order valence-corrected chi connectivity index (χ2v) is 12.0. The highest BCUT2D eigenvalue weighted by molar-refractivity contribution is 7.08. The lowest BCUT2D eigenvalue weighted by Gasteiger charge is -2.29. The molecular formula is C31H38N6O2S. The number of hydrogen-bond donors (Lipinski definition) is 2. The normalized spacial score (nSPS) is 17.8. The number of thiophene rings is 1. The van der Waals surface area contributed by atoms with Crippen LogP contribution >= 0.6 is 11.3 Å². The number of amides is 1. The third-order valence-corrected chi connectivity index (χ3v) is 8.82. The third-order valence-electron chi connectivity index (χ3n) is 8.12. The van der Waals surface area contributed by atoms with Crippen LogP contribution in [0.25, 0.3) is 22.2 Å². The summed E-state index contributed by atoms with van der Waals surface area (Å²) >= 11 is 1.63. The summed E-state index contributed by atoms with van der Waals surface area (Å²) in [7, 11) is 6.25. The molecule has 4 heterocycles. The number of nitrogens with one attached hydrogen (secondary N) is 2. The molecule has 8 nitrogen and oxygen atoms in total. The Morgan fingerprint density at radius 1 is 1.10 bits per heavy atom. The first kappa shape index (κ1) is 26.8. The number of likely N-dealkylation sites (tertiary alicyclic amines) is 2. The van der Waals surface area contributed by atoms with Gasteiger partial charge in [-0.15, -0.1) is 0 Å². The van der Waals surface area contributed by atoms with Crippen LogP contribution in [0.15, 0.2) is 53.2 Å². The molecule has 0 saturated carbocycles. The van der Waals surface area contributed by atoms with Crippen molar-refractivity contribution in [1.29, 1.82) is 0 Å². The second-order valence-electron chi connectivity index (χ2n) is 11.2. The molecule has 210 valence electrons. The van der Waals surface area contributed by atoms with Crippen LogP contribution in [0.5, 0.6) is 5.75 Å². The summed E-state index contributed by atoms with van der Waals surface area (Å²) in [6.45, 7) is 4.02. The lowest BCUT2D eigenvalue weighted by molar-refractivity contribution is -0.121. The first-order valence-electron chi connectivity index (χ1n) is 14.2. The summed E-state index contributed by atoms with van der Waals surface area (Å²) < 4.78 is 6.38. The van der Waals surface area contributed by atoms with Crippen LogP contribution in [0.4, 0.5) is 11.4 Å². The maximum atomic E-state index is 13.6. The van der Waals surface area contributed by atoms with Gasteiger partial charge in [-0.05, 0) is 98.5 Å². The Hall–Kier alpha value is -3.40. The molecule has 2 aliphatic heterocycles. The van der Waals surface area contributed by atoms with Crippen LogP contribution < -0.4 is 15.0 Å². The smallest absolute Gasteiger partial charge is 0.246 e. The molecule has 0 radical (unpaired) electrons. The Bertz CT molecular complexity index is 1450. The van der Waals surface area contributed by atoms with Crippen molar-refractivity contribution in [3.8, 4) is 17.0 Å². The number of ether oxygens (including phenoxy) is 1. The van der Waals surface area contributed by atoms with Crippen LogP contribution in [0.2, 0.25) is 0 Å². The topological polar surface area (TPSA) is 76.7 Å². The fourth-order valence-electron chi connectivity index (χ4n) is 5.92. The predicted molar refractivity (Wildman–Crippen MR) is 164 cm³/mol. The van der Waals surface area contributed by atoms with Crippen LogP contribution in [0.1, 0.15) is 37.3 Å². The van der Waals surface area contributed by atoms with Crippen molar-refractivity contribution >= 4 is 39.5 Å². The average Bonchev–Trinajstić information content (AvgIpc) is 3.73. The van der Waals surface area contributed by atoms with E-state index in [1.807, 2.05) is 43.7 Å². The molecule has 0 spiro atoms. The SMILES string of the molecule is CN1CCC(Oc2ccc(-c3n[nH]c4ccc(NC(=O)C(c5ccsc5)N5CCCC5)cc34)c(N(C)C)c2)CC1. The maximum Gasteiger partial charge on any atom is 0.246 e. The molecule has 1 amide bonds. The fourth-order valence-corrected chi connectivity index (χ4v) is 6.60. The van der Waals surface area contributed by atoms with E-state index in [-0.39, 0.29) is 18.1 Å². The molecule has 2 aromatic carbocycles. The van der Waals surface area contributed by atoms with Crippen molar-refractivity contribution in [2.24, 2.45) is 0 Å². The first-order chi connectivity index (χ1) is 19.5. The number of fused-ring (bicyclic) bond motifs is 1. The average molecular weight is 559 g/mol. The minimum Gasteiger partial charge on any atom is -0.490 e. The van der Waals surface area contributed by atoms with Gasteiger partial charge in [-0.25, -0.2) is 0 Å². The molecule has 1 unspecified atom stereocenters. The van der Waals surface area contributed by atoms with Crippen LogP contribution in [0, 0.1) is 0 Å². The molecule has 2 aliphatic rings. The number of hydrogen-bond acceptors (Lipinski definition) is 7. The fraction of sp³-hybridized carbons (Fsp3) is 0.419. The van der Waals surface area contributed by atoms with Gasteiger partial charge in [0.15, 0.2) is 0 Å². The van der Waals surface area contributed by atoms with Gasteiger partial charge >= 0.3 is 0 Å². The Balaban J connectivity index is 1.27. The van der Waals surface area contributed by atoms with Gasteiger partial charge in [0.2, 0.25) is 5.91 Å². The number of piperidine rings is 1. The molecule has 2 N–H and O–H groups in total. The van der Waals surface area contributed by atoms with Gasteiger partial charge in [-0.1, -0.05) is 0 Å². The Morgan fingerprint density at radius 3 is 2.62 bits per heavy atom. The zero-order valence-corrected chi connectivity index (χ0v) is 24.3. The summed E-state index contributed by atoms with van der Waals surface area (Å²) in [6, 6.07) is 14.0. The molecule has 40 heavy (non-hydrogen) atoms. The van der Waals surface area contributed by atoms with E-state index in [0.717, 1.165) is 96.7 Å². The molecule has 2 fully saturated rings. The summed E-state index contributed by atoms with van der Waals surface area (Å²) in [5.41, 5.74) is 5.68. The van der Waals surface area contributed by atoms with E-state index in [2.05, 4.69) is 55.7 Å². The van der Waals surface area contributed by atoms with Gasteiger partial charge in [-0.2, -0.15) is 16.4 Å². The molecule has 2 saturated heterocycles. The summed E-state index contributed by atoms with van der Waals surface area (Å²) in [4.78, 5) is 20.3. The van der Waals surface area contributed by atoms with Crippen molar-refractivity contribution < 1.29 is 9.53 Å². The third kappa shape index (κ3) is 5.59. The largest absolute Gasteiger partial charge is 0.490 e. The summed E-state index contributed by atoms with van der Waals surface area (Å²) in [5.74, 6) is 0.894. The first-order valence-corrected chi connectivity index (χ1v) is 15.1. The summed E-state index contributed by atoms with van der Waals surface area (Å²) in [5, 5.41) is 16.2. The van der Waals surface area contributed by atoms with Gasteiger partial charge < -0.3 is 19.9 Å². The lowest BCUT2D eigenvalue weighted by Crippen LogP contribution is -2.35. The van der Waals surface area contributed by atoms with E-state index in [4.69, 9.17) is 9.84 Å². The Labute approximate surface area is 239 Å². The lowest BCUT2D eigenvalue weighted by atomic mass is 10.0. The number of nitrogens with zero attached hydrogens (tertiary/aromatic N) is 4. The number of carbonyl (C=O) groups is 1. The quantitative estimate of drug-likeness (QED) is 0.293. The highest BCUT2D eigenvalue weighted by atomic mass is 32.1. The van der Waals surface area contributed by atoms with Crippen molar-refractivity contribution in [2.75, 3.05) is 57.5 Å². The standard InChI is InChI=1S/C31H38N6O2S/c1-35(2)28-19-24(39-23-10-15-36(3)16-11-23)7-8-25(28)29-26-18-22(6-9-27(26)33-34-29)32-31(38)30(21-12-17-40-20-21)37-13-4-5-14-37/h6-9,12,17-20,23,30H,4-5,10-11,13-16H2,1-3H3,(H,32,38)(H,33,34). The molecule has 0 aliphatic carbocycles. The molecule has 6 rings (SSSR count). The van der Waals surface area contributed by atoms with Crippen molar-refractivity contribution in [3.05, 3.63) is 58.8 Å². The number of aromatic nitrogens is 2. The van der Waals surface area contributed by atoms with E-state index in [1.165, 1.54) is 0 Å². The van der Waals surface area contributed by atoms with Crippen molar-refractivity contribution in [1.82, 2.24) is 20.0 Å². The maximum absolute atomic E-state index is 13.6. The zero-order chi connectivity index (χ0) is 27.6. The highest BCUT2D eigenvalue weighted by Crippen LogP contribution is 2.37. The second kappa shape index (κ2) is 11.6. The number of rotatable bonds is 8. The van der Waals surface area contributed by atoms with Crippen molar-refractivity contribution in [3.63, 3.8) is 0 Å². The van der Waals surface area contributed by atoms with Crippen LogP contribution in [-0.4, -0.2) is 79.3 Å². The summed E-state index contributed by atoms with van der Waals surface area (Å²) in [6.07, 6.45) is 4.59. The molecule has 4 aromatic rings. The van der Waals surface area contributed by atoms with Crippen LogP contribution in [-0.2, 0) is 4.79 Å². The van der Waals surface area contributed by atoms with E-state index >= 15 is 0 Å². The van der Waals surface area contributed by atoms with Gasteiger partial charge in [0, 0.05) is 55.6 Å². The van der Waals surface area contributed by atoms with E-state index in [9.17, 15) is 4.79 Å². The molecule has 2 aromatic heterocycles. The van der Waals surface area contributed by atoms with E-state index in [1.54, 1.807) is 11.3 Å². The van der Waals surface area contributed by atoms with Gasteiger partial charge in [-0.3, -0.25) is 14.8 Å². The van der Waals surface area contributed by atoms with E-state index < -0.39 is 0 Å². The van der Waals surface area contributed by atoms with Gasteiger partial charge in [0.1, 0.15) is 23.6 Å². The van der Waals surface area contributed by atoms with E-state index in [0.29, 0.717) is 0 Å². The Morgan fingerprint density at radius 2 is 1.90 bits per heavy atom. The molecular weight excluding hydrogens is 520 g/mol. The predicted octanol–water partition coefficient (Wildman–Crippen LogP) is 5.61. The molecule has 9 heteroatoms.